The Hall–Kier alpha value is -2.84. The van der Waals surface area contributed by atoms with E-state index >= 15 is 0 Å². The summed E-state index contributed by atoms with van der Waals surface area (Å²) >= 11 is 5.88. The summed E-state index contributed by atoms with van der Waals surface area (Å²) in [6, 6.07) is 15.5. The van der Waals surface area contributed by atoms with Crippen LogP contribution in [0.15, 0.2) is 48.5 Å². The summed E-state index contributed by atoms with van der Waals surface area (Å²) in [6.07, 6.45) is 0.522. The van der Waals surface area contributed by atoms with Gasteiger partial charge in [-0.3, -0.25) is 9.59 Å². The predicted molar refractivity (Wildman–Crippen MR) is 91.5 cm³/mol. The minimum absolute atomic E-state index is 0.183. The zero-order valence-electron chi connectivity index (χ0n) is 12.6. The number of nitrogens with zero attached hydrogens (tertiary/aromatic N) is 1. The van der Waals surface area contributed by atoms with Gasteiger partial charge in [-0.05, 0) is 48.9 Å². The number of hydrogen-bond acceptors (Lipinski definition) is 3. The topological polar surface area (TPSA) is 82.0 Å². The van der Waals surface area contributed by atoms with Crippen LogP contribution in [0.1, 0.15) is 12.0 Å². The molecule has 0 aliphatic heterocycles. The zero-order valence-corrected chi connectivity index (χ0v) is 13.4. The van der Waals surface area contributed by atoms with Gasteiger partial charge in [0.1, 0.15) is 0 Å². The number of amides is 2. The van der Waals surface area contributed by atoms with Crippen LogP contribution in [0.5, 0.6) is 0 Å². The average molecular weight is 340 g/mol. The number of nitriles is 1. The third-order valence-electron chi connectivity index (χ3n) is 3.84. The van der Waals surface area contributed by atoms with Crippen molar-refractivity contribution in [3.8, 4) is 6.07 Å². The number of carbonyl (C=O) groups excluding carboxylic acids is 2. The summed E-state index contributed by atoms with van der Waals surface area (Å²) in [7, 11) is 0. The van der Waals surface area contributed by atoms with Crippen molar-refractivity contribution in [3.63, 3.8) is 0 Å². The minimum atomic E-state index is -0.333. The fourth-order valence-corrected chi connectivity index (χ4v) is 2.63. The fraction of sp³-hybridized carbons (Fsp3) is 0.167. The van der Waals surface area contributed by atoms with Gasteiger partial charge in [0, 0.05) is 16.4 Å². The molecule has 6 heteroatoms. The van der Waals surface area contributed by atoms with Crippen LogP contribution in [-0.4, -0.2) is 11.8 Å². The van der Waals surface area contributed by atoms with Crippen LogP contribution in [-0.2, 0) is 9.59 Å². The molecule has 1 aliphatic carbocycles. The number of nitrogens with one attached hydrogen (secondary N) is 2. The molecule has 2 amide bonds. The van der Waals surface area contributed by atoms with E-state index in [1.54, 1.807) is 48.5 Å². The number of anilines is 2. The van der Waals surface area contributed by atoms with Gasteiger partial charge in [-0.25, -0.2) is 0 Å². The normalized spacial score (nSPS) is 18.3. The number of rotatable bonds is 4. The monoisotopic (exact) mass is 339 g/mol. The van der Waals surface area contributed by atoms with E-state index in [9.17, 15) is 9.59 Å². The molecular formula is C18H14ClN3O2. The highest BCUT2D eigenvalue weighted by Crippen LogP contribution is 2.40. The smallest absolute Gasteiger partial charge is 0.228 e. The van der Waals surface area contributed by atoms with E-state index in [1.165, 1.54) is 0 Å². The Kier molecular flexibility index (Phi) is 4.50. The first-order valence-corrected chi connectivity index (χ1v) is 7.82. The molecule has 2 atom stereocenters. The Bertz CT molecular complexity index is 827. The van der Waals surface area contributed by atoms with Gasteiger partial charge in [-0.1, -0.05) is 17.7 Å². The number of carbonyl (C=O) groups is 2. The van der Waals surface area contributed by atoms with E-state index in [1.807, 2.05) is 6.07 Å². The van der Waals surface area contributed by atoms with Crippen LogP contribution < -0.4 is 10.6 Å². The second kappa shape index (κ2) is 6.73. The van der Waals surface area contributed by atoms with Gasteiger partial charge in [0.05, 0.1) is 23.5 Å². The average Bonchev–Trinajstić information content (AvgIpc) is 3.36. The van der Waals surface area contributed by atoms with Gasteiger partial charge in [0.15, 0.2) is 0 Å². The van der Waals surface area contributed by atoms with Crippen LogP contribution in [0.2, 0.25) is 5.02 Å². The third kappa shape index (κ3) is 3.73. The maximum absolute atomic E-state index is 12.2. The first-order chi connectivity index (χ1) is 11.6. The first kappa shape index (κ1) is 16.0. The molecule has 1 saturated carbocycles. The number of benzene rings is 2. The minimum Gasteiger partial charge on any atom is -0.326 e. The summed E-state index contributed by atoms with van der Waals surface area (Å²) in [5, 5.41) is 14.8. The Balaban J connectivity index is 1.55. The van der Waals surface area contributed by atoms with Crippen LogP contribution >= 0.6 is 11.6 Å². The lowest BCUT2D eigenvalue weighted by Crippen LogP contribution is -2.20. The molecule has 120 valence electrons. The van der Waals surface area contributed by atoms with E-state index in [0.29, 0.717) is 28.4 Å². The third-order valence-corrected chi connectivity index (χ3v) is 4.07. The predicted octanol–water partition coefficient (Wildman–Crippen LogP) is 3.42. The van der Waals surface area contributed by atoms with Gasteiger partial charge >= 0.3 is 0 Å². The molecule has 0 bridgehead atoms. The summed E-state index contributed by atoms with van der Waals surface area (Å²) in [6.45, 7) is 0. The van der Waals surface area contributed by atoms with Crippen LogP contribution in [0.4, 0.5) is 11.4 Å². The molecule has 1 aliphatic rings. The van der Waals surface area contributed by atoms with Crippen molar-refractivity contribution < 1.29 is 9.59 Å². The van der Waals surface area contributed by atoms with Crippen molar-refractivity contribution in [2.75, 3.05) is 10.6 Å². The molecule has 1 fully saturated rings. The van der Waals surface area contributed by atoms with Crippen molar-refractivity contribution in [2.45, 2.75) is 6.42 Å². The van der Waals surface area contributed by atoms with Crippen LogP contribution in [0.25, 0.3) is 0 Å². The molecule has 2 unspecified atom stereocenters. The van der Waals surface area contributed by atoms with Crippen molar-refractivity contribution in [2.24, 2.45) is 11.8 Å². The molecule has 0 heterocycles. The molecule has 3 rings (SSSR count). The Morgan fingerprint density at radius 1 is 1.00 bits per heavy atom. The fourth-order valence-electron chi connectivity index (χ4n) is 2.44. The quantitative estimate of drug-likeness (QED) is 0.895. The number of halogens is 1. The maximum atomic E-state index is 12.2. The molecule has 24 heavy (non-hydrogen) atoms. The highest BCUT2D eigenvalue weighted by Gasteiger charge is 2.48. The van der Waals surface area contributed by atoms with Gasteiger partial charge in [-0.2, -0.15) is 5.26 Å². The summed E-state index contributed by atoms with van der Waals surface area (Å²) in [4.78, 5) is 24.3. The zero-order chi connectivity index (χ0) is 17.1. The lowest BCUT2D eigenvalue weighted by atomic mass is 10.2. The molecule has 2 N–H and O–H groups in total. The largest absolute Gasteiger partial charge is 0.326 e. The van der Waals surface area contributed by atoms with Crippen LogP contribution in [0.3, 0.4) is 0 Å². The van der Waals surface area contributed by atoms with Crippen molar-refractivity contribution in [1.82, 2.24) is 0 Å². The van der Waals surface area contributed by atoms with Gasteiger partial charge in [-0.15, -0.1) is 0 Å². The molecule has 2 aromatic rings. The summed E-state index contributed by atoms with van der Waals surface area (Å²) < 4.78 is 0. The second-order valence-corrected chi connectivity index (χ2v) is 6.06. The van der Waals surface area contributed by atoms with Crippen molar-refractivity contribution in [3.05, 3.63) is 59.1 Å². The van der Waals surface area contributed by atoms with Gasteiger partial charge < -0.3 is 10.6 Å². The van der Waals surface area contributed by atoms with E-state index in [4.69, 9.17) is 16.9 Å². The van der Waals surface area contributed by atoms with E-state index in [2.05, 4.69) is 10.6 Å². The highest BCUT2D eigenvalue weighted by molar-refractivity contribution is 6.30. The molecule has 5 nitrogen and oxygen atoms in total. The van der Waals surface area contributed by atoms with E-state index in [-0.39, 0.29) is 23.7 Å². The Morgan fingerprint density at radius 2 is 1.62 bits per heavy atom. The number of hydrogen-bond donors (Lipinski definition) is 2. The Morgan fingerprint density at radius 3 is 2.21 bits per heavy atom. The van der Waals surface area contributed by atoms with Crippen molar-refractivity contribution >= 4 is 34.8 Å². The van der Waals surface area contributed by atoms with Crippen molar-refractivity contribution in [1.29, 1.82) is 5.26 Å². The SMILES string of the molecule is N#Cc1ccc(NC(=O)C2CC2C(=O)Nc2cccc(Cl)c2)cc1. The van der Waals surface area contributed by atoms with E-state index in [0.717, 1.165) is 0 Å². The molecule has 0 radical (unpaired) electrons. The molecule has 2 aromatic carbocycles. The maximum Gasteiger partial charge on any atom is 0.228 e. The first-order valence-electron chi connectivity index (χ1n) is 7.44. The highest BCUT2D eigenvalue weighted by atomic mass is 35.5. The Labute approximate surface area is 144 Å². The summed E-state index contributed by atoms with van der Waals surface area (Å²) in [5.74, 6) is -1.04. The van der Waals surface area contributed by atoms with E-state index < -0.39 is 0 Å². The molecule has 0 saturated heterocycles. The molecule has 0 spiro atoms. The summed E-state index contributed by atoms with van der Waals surface area (Å²) in [5.41, 5.74) is 1.75. The lowest BCUT2D eigenvalue weighted by molar-refractivity contribution is -0.122. The molecular weight excluding hydrogens is 326 g/mol. The lowest BCUT2D eigenvalue weighted by Gasteiger charge is -2.06. The van der Waals surface area contributed by atoms with Gasteiger partial charge in [0.25, 0.3) is 0 Å². The van der Waals surface area contributed by atoms with Gasteiger partial charge in [0.2, 0.25) is 11.8 Å². The van der Waals surface area contributed by atoms with Crippen LogP contribution in [0, 0.1) is 23.2 Å². The standard InChI is InChI=1S/C18H14ClN3O2/c19-12-2-1-3-14(8-12)22-18(24)16-9-15(16)17(23)21-13-6-4-11(10-20)5-7-13/h1-8,15-16H,9H2,(H,21,23)(H,22,24). The second-order valence-electron chi connectivity index (χ2n) is 5.63. The molecule has 0 aromatic heterocycles.